The lowest BCUT2D eigenvalue weighted by Gasteiger charge is -2.11. The van der Waals surface area contributed by atoms with Crippen LogP contribution < -0.4 is 19.6 Å². The summed E-state index contributed by atoms with van der Waals surface area (Å²) in [6, 6.07) is 22.8. The van der Waals surface area contributed by atoms with Crippen LogP contribution in [0, 0.1) is 0 Å². The van der Waals surface area contributed by atoms with Gasteiger partial charge in [-0.3, -0.25) is 4.79 Å². The van der Waals surface area contributed by atoms with Gasteiger partial charge in [-0.2, -0.15) is 5.10 Å². The van der Waals surface area contributed by atoms with E-state index in [1.54, 1.807) is 13.3 Å². The first-order valence-electron chi connectivity index (χ1n) is 10.1. The maximum absolute atomic E-state index is 12.1. The Balaban J connectivity index is 1.53. The van der Waals surface area contributed by atoms with Crippen LogP contribution in [-0.4, -0.2) is 25.8 Å². The largest absolute Gasteiger partial charge is 0.494 e. The second-order valence-electron chi connectivity index (χ2n) is 6.73. The summed E-state index contributed by atoms with van der Waals surface area (Å²) in [5.74, 6) is 1.83. The van der Waals surface area contributed by atoms with E-state index in [2.05, 4.69) is 10.5 Å². The predicted octanol–water partition coefficient (Wildman–Crippen LogP) is 4.37. The first-order valence-corrected chi connectivity index (χ1v) is 10.1. The molecule has 0 radical (unpaired) electrons. The third kappa shape index (κ3) is 6.89. The summed E-state index contributed by atoms with van der Waals surface area (Å²) in [4.78, 5) is 12.1. The molecule has 6 heteroatoms. The van der Waals surface area contributed by atoms with Crippen molar-refractivity contribution in [3.63, 3.8) is 0 Å². The van der Waals surface area contributed by atoms with E-state index in [9.17, 15) is 4.79 Å². The average Bonchev–Trinajstić information content (AvgIpc) is 2.80. The highest BCUT2D eigenvalue weighted by atomic mass is 16.5. The van der Waals surface area contributed by atoms with E-state index >= 15 is 0 Å². The number of carbonyl (C=O) groups is 1. The van der Waals surface area contributed by atoms with Crippen molar-refractivity contribution in [1.29, 1.82) is 0 Å². The summed E-state index contributed by atoms with van der Waals surface area (Å²) in [6.07, 6.45) is 1.80. The monoisotopic (exact) mass is 418 g/mol. The van der Waals surface area contributed by atoms with E-state index in [-0.39, 0.29) is 12.3 Å². The van der Waals surface area contributed by atoms with Gasteiger partial charge in [0.2, 0.25) is 5.91 Å². The molecule has 1 N–H and O–H groups in total. The van der Waals surface area contributed by atoms with Gasteiger partial charge >= 0.3 is 0 Å². The smallest absolute Gasteiger partial charge is 0.244 e. The molecule has 1 amide bonds. The Morgan fingerprint density at radius 3 is 2.42 bits per heavy atom. The lowest BCUT2D eigenvalue weighted by Crippen LogP contribution is -2.19. The van der Waals surface area contributed by atoms with Crippen molar-refractivity contribution in [1.82, 2.24) is 5.43 Å². The first kappa shape index (κ1) is 21.9. The molecule has 0 heterocycles. The lowest BCUT2D eigenvalue weighted by molar-refractivity contribution is -0.120. The minimum atomic E-state index is -0.199. The normalized spacial score (nSPS) is 10.6. The number of nitrogens with one attached hydrogen (secondary N) is 1. The highest BCUT2D eigenvalue weighted by Gasteiger charge is 2.06. The Bertz CT molecular complexity index is 1000. The molecule has 0 aliphatic carbocycles. The van der Waals surface area contributed by atoms with Gasteiger partial charge in [0.15, 0.2) is 11.5 Å². The van der Waals surface area contributed by atoms with Gasteiger partial charge in [0.05, 0.1) is 26.4 Å². The molecule has 31 heavy (non-hydrogen) atoms. The molecular weight excluding hydrogens is 392 g/mol. The summed E-state index contributed by atoms with van der Waals surface area (Å²) in [5, 5.41) is 4.04. The van der Waals surface area contributed by atoms with Crippen LogP contribution in [0.15, 0.2) is 77.9 Å². The minimum absolute atomic E-state index is 0.199. The molecule has 3 aromatic rings. The maximum Gasteiger partial charge on any atom is 0.244 e. The number of carbonyl (C=O) groups excluding carboxylic acids is 1. The fourth-order valence-corrected chi connectivity index (χ4v) is 2.89. The number of hydrogen-bond donors (Lipinski definition) is 1. The van der Waals surface area contributed by atoms with Gasteiger partial charge in [-0.15, -0.1) is 0 Å². The van der Waals surface area contributed by atoms with Crippen molar-refractivity contribution in [3.8, 4) is 17.2 Å². The van der Waals surface area contributed by atoms with Crippen LogP contribution in [0.5, 0.6) is 17.2 Å². The second kappa shape index (κ2) is 11.4. The molecular formula is C25H26N2O4. The van der Waals surface area contributed by atoms with Crippen LogP contribution in [-0.2, 0) is 17.8 Å². The van der Waals surface area contributed by atoms with Gasteiger partial charge in [-0.25, -0.2) is 5.43 Å². The number of benzene rings is 3. The van der Waals surface area contributed by atoms with E-state index in [4.69, 9.17) is 14.2 Å². The topological polar surface area (TPSA) is 69.2 Å². The molecule has 3 aromatic carbocycles. The van der Waals surface area contributed by atoms with E-state index < -0.39 is 0 Å². The average molecular weight is 418 g/mol. The lowest BCUT2D eigenvalue weighted by atomic mass is 10.1. The van der Waals surface area contributed by atoms with Crippen LogP contribution in [0.3, 0.4) is 0 Å². The van der Waals surface area contributed by atoms with Crippen LogP contribution in [0.1, 0.15) is 23.6 Å². The summed E-state index contributed by atoms with van der Waals surface area (Å²) < 4.78 is 16.7. The van der Waals surface area contributed by atoms with Crippen LogP contribution in [0.2, 0.25) is 0 Å². The highest BCUT2D eigenvalue weighted by molar-refractivity contribution is 5.84. The number of methoxy groups -OCH3 is 1. The molecule has 160 valence electrons. The summed E-state index contributed by atoms with van der Waals surface area (Å²) in [7, 11) is 1.59. The molecule has 3 rings (SSSR count). The van der Waals surface area contributed by atoms with Crippen molar-refractivity contribution >= 4 is 12.1 Å². The summed E-state index contributed by atoms with van der Waals surface area (Å²) in [5.41, 5.74) is 5.29. The number of amides is 1. The third-order valence-electron chi connectivity index (χ3n) is 4.43. The number of rotatable bonds is 10. The van der Waals surface area contributed by atoms with Gasteiger partial charge in [0, 0.05) is 0 Å². The minimum Gasteiger partial charge on any atom is -0.494 e. The van der Waals surface area contributed by atoms with Crippen molar-refractivity contribution in [2.45, 2.75) is 20.0 Å². The quantitative estimate of drug-likeness (QED) is 0.392. The summed E-state index contributed by atoms with van der Waals surface area (Å²) >= 11 is 0. The molecule has 0 spiro atoms. The van der Waals surface area contributed by atoms with E-state index in [0.29, 0.717) is 24.7 Å². The third-order valence-corrected chi connectivity index (χ3v) is 4.43. The van der Waals surface area contributed by atoms with Gasteiger partial charge in [0.25, 0.3) is 0 Å². The Labute approximate surface area is 182 Å². The van der Waals surface area contributed by atoms with Crippen molar-refractivity contribution < 1.29 is 19.0 Å². The van der Waals surface area contributed by atoms with Crippen molar-refractivity contribution in [2.75, 3.05) is 13.7 Å². The Morgan fingerprint density at radius 2 is 1.71 bits per heavy atom. The maximum atomic E-state index is 12.1. The predicted molar refractivity (Wildman–Crippen MR) is 121 cm³/mol. The molecule has 0 aliphatic rings. The molecule has 0 bridgehead atoms. The van der Waals surface area contributed by atoms with Crippen LogP contribution in [0.25, 0.3) is 0 Å². The molecule has 0 aliphatic heterocycles. The zero-order valence-electron chi connectivity index (χ0n) is 17.7. The standard InChI is InChI=1S/C25H26N2O4/c1-3-30-22-12-9-19(10-13-22)16-25(28)27-26-17-21-11-14-23(24(15-21)29-2)31-18-20-7-5-4-6-8-20/h4-15,17H,3,16,18H2,1-2H3,(H,27,28)/b26-17+. The number of hydrazone groups is 1. The molecule has 0 atom stereocenters. The fraction of sp³-hybridized carbons (Fsp3) is 0.200. The molecule has 0 aromatic heterocycles. The molecule has 0 unspecified atom stereocenters. The molecule has 0 saturated carbocycles. The van der Waals surface area contributed by atoms with E-state index in [1.165, 1.54) is 0 Å². The zero-order valence-corrected chi connectivity index (χ0v) is 17.7. The zero-order chi connectivity index (χ0) is 21.9. The first-order chi connectivity index (χ1) is 15.2. The Hall–Kier alpha value is -3.80. The van der Waals surface area contributed by atoms with Crippen LogP contribution >= 0.6 is 0 Å². The molecule has 0 fully saturated rings. The van der Waals surface area contributed by atoms with Crippen molar-refractivity contribution in [2.24, 2.45) is 5.10 Å². The van der Waals surface area contributed by atoms with E-state index in [0.717, 1.165) is 22.4 Å². The van der Waals surface area contributed by atoms with Gasteiger partial charge < -0.3 is 14.2 Å². The molecule has 6 nitrogen and oxygen atoms in total. The van der Waals surface area contributed by atoms with E-state index in [1.807, 2.05) is 79.7 Å². The van der Waals surface area contributed by atoms with Crippen molar-refractivity contribution in [3.05, 3.63) is 89.5 Å². The SMILES string of the molecule is CCOc1ccc(CC(=O)N/N=C/c2ccc(OCc3ccccc3)c(OC)c2)cc1. The molecule has 0 saturated heterocycles. The fourth-order valence-electron chi connectivity index (χ4n) is 2.89. The number of nitrogens with zero attached hydrogens (tertiary/aromatic N) is 1. The highest BCUT2D eigenvalue weighted by Crippen LogP contribution is 2.28. The Morgan fingerprint density at radius 1 is 0.935 bits per heavy atom. The number of hydrogen-bond acceptors (Lipinski definition) is 5. The van der Waals surface area contributed by atoms with Gasteiger partial charge in [-0.05, 0) is 53.9 Å². The number of ether oxygens (including phenoxy) is 3. The Kier molecular flexibility index (Phi) is 8.05. The van der Waals surface area contributed by atoms with Gasteiger partial charge in [-0.1, -0.05) is 42.5 Å². The second-order valence-corrected chi connectivity index (χ2v) is 6.73. The van der Waals surface area contributed by atoms with Gasteiger partial charge in [0.1, 0.15) is 12.4 Å². The van der Waals surface area contributed by atoms with Crippen LogP contribution in [0.4, 0.5) is 0 Å². The summed E-state index contributed by atoms with van der Waals surface area (Å²) in [6.45, 7) is 2.99.